The third-order valence-corrected chi connectivity index (χ3v) is 9.34. The lowest BCUT2D eigenvalue weighted by Gasteiger charge is -2.36. The number of carbonyl (C=O) groups is 4. The highest BCUT2D eigenvalue weighted by molar-refractivity contribution is 5.98. The second-order valence-corrected chi connectivity index (χ2v) is 12.3. The van der Waals surface area contributed by atoms with Gasteiger partial charge in [-0.1, -0.05) is 62.2 Å². The summed E-state index contributed by atoms with van der Waals surface area (Å²) in [7, 11) is 1.50. The fourth-order valence-corrected chi connectivity index (χ4v) is 7.35. The van der Waals surface area contributed by atoms with Gasteiger partial charge in [0, 0.05) is 33.2 Å². The van der Waals surface area contributed by atoms with Crippen LogP contribution in [0.4, 0.5) is 0 Å². The number of nitrogens with one attached hydrogen (secondary N) is 1. The third-order valence-electron chi connectivity index (χ3n) is 9.34. The zero-order valence-corrected chi connectivity index (χ0v) is 27.1. The summed E-state index contributed by atoms with van der Waals surface area (Å²) in [5.74, 6) is -3.44. The minimum absolute atomic E-state index is 0.0561. The molecule has 2 N–H and O–H groups in total. The topological polar surface area (TPSA) is 135 Å². The maximum atomic E-state index is 14.2. The van der Waals surface area contributed by atoms with Crippen molar-refractivity contribution in [3.63, 3.8) is 0 Å². The Morgan fingerprint density at radius 1 is 1.22 bits per heavy atom. The molecule has 0 aliphatic carbocycles. The molecule has 0 aromatic heterocycles. The molecule has 3 amide bonds. The summed E-state index contributed by atoms with van der Waals surface area (Å²) in [6, 6.07) is 7.39. The molecule has 7 atom stereocenters. The van der Waals surface area contributed by atoms with Crippen molar-refractivity contribution in [2.45, 2.75) is 81.8 Å². The Labute approximate surface area is 271 Å². The van der Waals surface area contributed by atoms with E-state index in [9.17, 15) is 24.3 Å². The van der Waals surface area contributed by atoms with Crippen LogP contribution in [-0.2, 0) is 33.4 Å². The zero-order chi connectivity index (χ0) is 33.3. The summed E-state index contributed by atoms with van der Waals surface area (Å²) in [6.07, 6.45) is 6.15. The number of allylic oxidation sites excluding steroid dienone is 1. The van der Waals surface area contributed by atoms with E-state index in [1.165, 1.54) is 12.0 Å². The maximum Gasteiger partial charge on any atom is 0.313 e. The second-order valence-electron chi connectivity index (χ2n) is 12.3. The summed E-state index contributed by atoms with van der Waals surface area (Å²) in [5.41, 5.74) is -0.560. The first kappa shape index (κ1) is 35.3. The Morgan fingerprint density at radius 3 is 2.63 bits per heavy atom. The van der Waals surface area contributed by atoms with Gasteiger partial charge >= 0.3 is 5.97 Å². The molecule has 3 saturated heterocycles. The minimum Gasteiger partial charge on any atom is -0.455 e. The van der Waals surface area contributed by atoms with E-state index in [1.54, 1.807) is 29.2 Å². The molecule has 252 valence electrons. The number of likely N-dealkylation sites (tertiary alicyclic amines) is 1. The van der Waals surface area contributed by atoms with Gasteiger partial charge in [-0.05, 0) is 31.2 Å². The van der Waals surface area contributed by atoms with Crippen LogP contribution in [0.25, 0.3) is 0 Å². The maximum absolute atomic E-state index is 14.2. The van der Waals surface area contributed by atoms with Crippen LogP contribution < -0.4 is 5.32 Å². The Morgan fingerprint density at radius 2 is 1.98 bits per heavy atom. The standard InChI is InChI=1S/C35H49N3O8/c1-5-8-13-20-37(19-7-3)33(42)31-35-18-17-26(46-35)28(29(35)32(41)38(31)21-22-39)34(43)45-30(24-14-11-10-12-15-24)25(23-44-4)36-27(40)16-9-6-2/h6-7,10-12,14-15,25-26,28-31,39H,2-3,5,8-9,13,16-23H2,1,4H3,(H,36,40)/t25-,26+,28-,29-,30-,31+,35-/m1/s1. The SMILES string of the molecule is C=CCCC(=O)N[C@H](COC)[C@H](OC(=O)[C@@H]1[C@@H]2CC[C@]3(O2)[C@H](C(=O)N(CC=C)CCCCC)N(CCO)C(=O)[C@@H]13)c1ccccc1. The lowest BCUT2D eigenvalue weighted by molar-refractivity contribution is -0.163. The monoisotopic (exact) mass is 639 g/mol. The highest BCUT2D eigenvalue weighted by Crippen LogP contribution is 2.59. The van der Waals surface area contributed by atoms with Gasteiger partial charge in [0.25, 0.3) is 0 Å². The molecule has 1 aromatic rings. The number of amides is 3. The number of nitrogens with zero attached hydrogens (tertiary/aromatic N) is 2. The van der Waals surface area contributed by atoms with Crippen molar-refractivity contribution < 1.29 is 38.5 Å². The van der Waals surface area contributed by atoms with Gasteiger partial charge in [-0.2, -0.15) is 0 Å². The van der Waals surface area contributed by atoms with Crippen molar-refractivity contribution >= 4 is 23.7 Å². The first-order valence-electron chi connectivity index (χ1n) is 16.4. The van der Waals surface area contributed by atoms with E-state index >= 15 is 0 Å². The van der Waals surface area contributed by atoms with Gasteiger partial charge in [0.05, 0.1) is 37.2 Å². The number of aliphatic hydroxyl groups is 1. The van der Waals surface area contributed by atoms with Crippen LogP contribution in [0.15, 0.2) is 55.6 Å². The molecule has 4 rings (SSSR count). The number of hydrogen-bond donors (Lipinski definition) is 2. The van der Waals surface area contributed by atoms with Gasteiger partial charge in [-0.25, -0.2) is 0 Å². The van der Waals surface area contributed by atoms with Gasteiger partial charge in [0.15, 0.2) is 0 Å². The molecule has 3 aliphatic rings. The van der Waals surface area contributed by atoms with Crippen LogP contribution >= 0.6 is 0 Å². The molecule has 46 heavy (non-hydrogen) atoms. The number of rotatable bonds is 19. The highest BCUT2D eigenvalue weighted by Gasteiger charge is 2.75. The van der Waals surface area contributed by atoms with Gasteiger partial charge in [0.2, 0.25) is 17.7 Å². The summed E-state index contributed by atoms with van der Waals surface area (Å²) in [5, 5.41) is 12.9. The third kappa shape index (κ3) is 7.21. The van der Waals surface area contributed by atoms with Gasteiger partial charge < -0.3 is 34.4 Å². The van der Waals surface area contributed by atoms with Crippen molar-refractivity contribution in [1.82, 2.24) is 15.1 Å². The Hall–Kier alpha value is -3.54. The average Bonchev–Trinajstić information content (AvgIpc) is 3.70. The van der Waals surface area contributed by atoms with Gasteiger partial charge in [0.1, 0.15) is 17.7 Å². The number of unbranched alkanes of at least 4 members (excludes halogenated alkanes) is 2. The molecule has 0 radical (unpaired) electrons. The van der Waals surface area contributed by atoms with Crippen molar-refractivity contribution in [2.24, 2.45) is 11.8 Å². The van der Waals surface area contributed by atoms with E-state index in [0.717, 1.165) is 19.3 Å². The summed E-state index contributed by atoms with van der Waals surface area (Å²) < 4.78 is 18.2. The number of aliphatic hydroxyl groups excluding tert-OH is 1. The van der Waals surface area contributed by atoms with Crippen molar-refractivity contribution in [1.29, 1.82) is 0 Å². The lowest BCUT2D eigenvalue weighted by Crippen LogP contribution is -2.56. The summed E-state index contributed by atoms with van der Waals surface area (Å²) in [4.78, 5) is 58.4. The number of esters is 1. The Bertz CT molecular complexity index is 1240. The highest BCUT2D eigenvalue weighted by atomic mass is 16.6. The largest absolute Gasteiger partial charge is 0.455 e. The Kier molecular flexibility index (Phi) is 12.5. The smallest absolute Gasteiger partial charge is 0.313 e. The van der Waals surface area contributed by atoms with E-state index < -0.39 is 53.6 Å². The molecule has 2 bridgehead atoms. The molecule has 1 spiro atoms. The van der Waals surface area contributed by atoms with Crippen LogP contribution in [0.2, 0.25) is 0 Å². The summed E-state index contributed by atoms with van der Waals surface area (Å²) >= 11 is 0. The van der Waals surface area contributed by atoms with E-state index in [-0.39, 0.29) is 38.0 Å². The van der Waals surface area contributed by atoms with E-state index in [1.807, 2.05) is 18.2 Å². The number of fused-ring (bicyclic) bond motifs is 1. The predicted molar refractivity (Wildman–Crippen MR) is 171 cm³/mol. The van der Waals surface area contributed by atoms with Crippen LogP contribution in [0.3, 0.4) is 0 Å². The molecule has 1 aromatic carbocycles. The van der Waals surface area contributed by atoms with E-state index in [4.69, 9.17) is 14.2 Å². The zero-order valence-electron chi connectivity index (χ0n) is 27.1. The van der Waals surface area contributed by atoms with E-state index in [0.29, 0.717) is 37.9 Å². The number of methoxy groups -OCH3 is 1. The summed E-state index contributed by atoms with van der Waals surface area (Å²) in [6.45, 7) is 10.1. The number of carbonyl (C=O) groups excluding carboxylic acids is 4. The number of ether oxygens (including phenoxy) is 3. The first-order chi connectivity index (χ1) is 22.3. The normalized spacial score (nSPS) is 25.9. The quantitative estimate of drug-likeness (QED) is 0.134. The molecular formula is C35H49N3O8. The lowest BCUT2D eigenvalue weighted by atomic mass is 9.70. The average molecular weight is 640 g/mol. The van der Waals surface area contributed by atoms with Gasteiger partial charge in [-0.15, -0.1) is 13.2 Å². The number of β-amino-alcohol motifs (C(OH)–C–C–N with tert-alkyl or cyclic N) is 1. The van der Waals surface area contributed by atoms with E-state index in [2.05, 4.69) is 25.4 Å². The van der Waals surface area contributed by atoms with Gasteiger partial charge in [-0.3, -0.25) is 19.2 Å². The van der Waals surface area contributed by atoms with Crippen LogP contribution in [0.5, 0.6) is 0 Å². The Balaban J connectivity index is 1.65. The number of benzene rings is 1. The molecule has 3 heterocycles. The molecule has 0 unspecified atom stereocenters. The first-order valence-corrected chi connectivity index (χ1v) is 16.4. The fourth-order valence-electron chi connectivity index (χ4n) is 7.35. The van der Waals surface area contributed by atoms with Crippen LogP contribution in [0, 0.1) is 11.8 Å². The molecule has 11 heteroatoms. The number of hydrogen-bond acceptors (Lipinski definition) is 8. The molecule has 3 aliphatic heterocycles. The second kappa shape index (κ2) is 16.3. The predicted octanol–water partition coefficient (Wildman–Crippen LogP) is 2.94. The van der Waals surface area contributed by atoms with Crippen molar-refractivity contribution in [3.8, 4) is 0 Å². The molecular weight excluding hydrogens is 590 g/mol. The molecule has 11 nitrogen and oxygen atoms in total. The van der Waals surface area contributed by atoms with Crippen molar-refractivity contribution in [3.05, 3.63) is 61.2 Å². The molecule has 3 fully saturated rings. The van der Waals surface area contributed by atoms with Crippen LogP contribution in [-0.4, -0.2) is 102 Å². The fraction of sp³-hybridized carbons (Fsp3) is 0.600. The van der Waals surface area contributed by atoms with Crippen LogP contribution in [0.1, 0.15) is 63.5 Å². The van der Waals surface area contributed by atoms with Crippen molar-refractivity contribution in [2.75, 3.05) is 40.0 Å². The minimum atomic E-state index is -1.21. The molecule has 0 saturated carbocycles.